The quantitative estimate of drug-likeness (QED) is 0.753. The van der Waals surface area contributed by atoms with E-state index in [0.717, 1.165) is 37.1 Å². The number of carbonyl (C=O) groups is 1. The van der Waals surface area contributed by atoms with Crippen molar-refractivity contribution in [2.75, 3.05) is 25.0 Å². The maximum atomic E-state index is 11.8. The molecule has 0 saturated carbocycles. The molecule has 2 aromatic rings. The number of piperidine rings is 1. The standard InChI is InChI=1S/C18H23N3O2/c1-2-3-10-23-18(22)21-14-4-5-17-15(11-14)16(12-20-17)13-6-8-19-9-7-13/h2-5,11-13,19-20H,6-10H2,1H3,(H,21,22). The number of hydrogen-bond donors (Lipinski definition) is 3. The van der Waals surface area contributed by atoms with Crippen LogP contribution in [-0.4, -0.2) is 30.8 Å². The van der Waals surface area contributed by atoms with Gasteiger partial charge in [-0.2, -0.15) is 0 Å². The molecule has 1 aromatic heterocycles. The number of nitrogens with one attached hydrogen (secondary N) is 3. The lowest BCUT2D eigenvalue weighted by atomic mass is 9.90. The average molecular weight is 313 g/mol. The first kappa shape index (κ1) is 15.6. The van der Waals surface area contributed by atoms with Gasteiger partial charge in [-0.15, -0.1) is 0 Å². The maximum Gasteiger partial charge on any atom is 0.411 e. The number of amides is 1. The molecule has 0 spiro atoms. The molecule has 0 bridgehead atoms. The van der Waals surface area contributed by atoms with Crippen molar-refractivity contribution in [3.63, 3.8) is 0 Å². The van der Waals surface area contributed by atoms with Gasteiger partial charge in [0.2, 0.25) is 0 Å². The van der Waals surface area contributed by atoms with Crippen LogP contribution in [0.4, 0.5) is 10.5 Å². The largest absolute Gasteiger partial charge is 0.445 e. The summed E-state index contributed by atoms with van der Waals surface area (Å²) in [4.78, 5) is 15.1. The SMILES string of the molecule is CC=CCOC(=O)Nc1ccc2[nH]cc(C3CCNCC3)c2c1. The summed E-state index contributed by atoms with van der Waals surface area (Å²) in [5.41, 5.74) is 3.21. The first-order valence-electron chi connectivity index (χ1n) is 8.14. The zero-order valence-corrected chi connectivity index (χ0v) is 13.4. The van der Waals surface area contributed by atoms with E-state index in [-0.39, 0.29) is 6.61 Å². The first-order chi connectivity index (χ1) is 11.3. The van der Waals surface area contributed by atoms with E-state index in [9.17, 15) is 4.79 Å². The molecule has 5 nitrogen and oxygen atoms in total. The Hall–Kier alpha value is -2.27. The molecule has 3 rings (SSSR count). The lowest BCUT2D eigenvalue weighted by molar-refractivity contribution is 0.174. The van der Waals surface area contributed by atoms with E-state index in [1.54, 1.807) is 6.08 Å². The molecule has 0 radical (unpaired) electrons. The van der Waals surface area contributed by atoms with Crippen LogP contribution in [0.2, 0.25) is 0 Å². The fourth-order valence-electron chi connectivity index (χ4n) is 3.06. The minimum atomic E-state index is -0.429. The predicted octanol–water partition coefficient (Wildman–Crippen LogP) is 3.76. The third kappa shape index (κ3) is 3.74. The van der Waals surface area contributed by atoms with Gasteiger partial charge in [-0.05, 0) is 62.5 Å². The second kappa shape index (κ2) is 7.33. The summed E-state index contributed by atoms with van der Waals surface area (Å²) in [6.07, 6.45) is 7.62. The average Bonchev–Trinajstić information content (AvgIpc) is 2.99. The number of ether oxygens (including phenoxy) is 1. The molecule has 1 aliphatic rings. The van der Waals surface area contributed by atoms with Crippen LogP contribution in [0.1, 0.15) is 31.2 Å². The molecule has 122 valence electrons. The van der Waals surface area contributed by atoms with Crippen LogP contribution in [-0.2, 0) is 4.74 Å². The van der Waals surface area contributed by atoms with Crippen molar-refractivity contribution in [3.8, 4) is 0 Å². The van der Waals surface area contributed by atoms with Gasteiger partial charge in [0.25, 0.3) is 0 Å². The Balaban J connectivity index is 1.76. The number of fused-ring (bicyclic) bond motifs is 1. The van der Waals surface area contributed by atoms with Gasteiger partial charge >= 0.3 is 6.09 Å². The van der Waals surface area contributed by atoms with Gasteiger partial charge in [-0.25, -0.2) is 4.79 Å². The minimum Gasteiger partial charge on any atom is -0.445 e. The Morgan fingerprint density at radius 2 is 2.22 bits per heavy atom. The normalized spacial score (nSPS) is 16.0. The number of aromatic nitrogens is 1. The highest BCUT2D eigenvalue weighted by Gasteiger charge is 2.18. The molecule has 1 aromatic carbocycles. The third-order valence-electron chi connectivity index (χ3n) is 4.29. The Kier molecular flexibility index (Phi) is 4.98. The van der Waals surface area contributed by atoms with E-state index < -0.39 is 6.09 Å². The smallest absolute Gasteiger partial charge is 0.411 e. The van der Waals surface area contributed by atoms with Crippen LogP contribution in [0.25, 0.3) is 10.9 Å². The summed E-state index contributed by atoms with van der Waals surface area (Å²) in [5, 5.41) is 7.37. The molecule has 0 unspecified atom stereocenters. The van der Waals surface area contributed by atoms with Crippen LogP contribution in [0, 0.1) is 0 Å². The Morgan fingerprint density at radius 3 is 3.00 bits per heavy atom. The number of allylic oxidation sites excluding steroid dienone is 1. The monoisotopic (exact) mass is 313 g/mol. The highest BCUT2D eigenvalue weighted by atomic mass is 16.5. The molecule has 23 heavy (non-hydrogen) atoms. The maximum absolute atomic E-state index is 11.8. The second-order valence-electron chi connectivity index (χ2n) is 5.82. The number of aromatic amines is 1. The van der Waals surface area contributed by atoms with Crippen molar-refractivity contribution in [2.24, 2.45) is 0 Å². The first-order valence-corrected chi connectivity index (χ1v) is 8.14. The molecule has 0 aliphatic carbocycles. The van der Waals surface area contributed by atoms with E-state index in [2.05, 4.69) is 21.8 Å². The summed E-state index contributed by atoms with van der Waals surface area (Å²) < 4.78 is 5.07. The molecule has 3 N–H and O–H groups in total. The van der Waals surface area contributed by atoms with Crippen LogP contribution in [0.3, 0.4) is 0 Å². The Labute approximate surface area is 136 Å². The molecule has 1 saturated heterocycles. The predicted molar refractivity (Wildman–Crippen MR) is 92.9 cm³/mol. The van der Waals surface area contributed by atoms with Gasteiger partial charge in [0.05, 0.1) is 0 Å². The summed E-state index contributed by atoms with van der Waals surface area (Å²) in [5.74, 6) is 0.571. The van der Waals surface area contributed by atoms with Crippen molar-refractivity contribution >= 4 is 22.7 Å². The fourth-order valence-corrected chi connectivity index (χ4v) is 3.06. The van der Waals surface area contributed by atoms with Crippen LogP contribution in [0.5, 0.6) is 0 Å². The minimum absolute atomic E-state index is 0.287. The van der Waals surface area contributed by atoms with Gasteiger partial charge in [0.1, 0.15) is 6.61 Å². The Morgan fingerprint density at radius 1 is 1.39 bits per heavy atom. The molecule has 2 heterocycles. The topological polar surface area (TPSA) is 66.1 Å². The van der Waals surface area contributed by atoms with E-state index in [1.165, 1.54) is 10.9 Å². The van der Waals surface area contributed by atoms with E-state index in [1.807, 2.05) is 31.2 Å². The van der Waals surface area contributed by atoms with Gasteiger partial charge in [-0.3, -0.25) is 5.32 Å². The van der Waals surface area contributed by atoms with Gasteiger partial charge in [0, 0.05) is 22.8 Å². The highest BCUT2D eigenvalue weighted by molar-refractivity contribution is 5.91. The van der Waals surface area contributed by atoms with Crippen molar-refractivity contribution in [3.05, 3.63) is 42.1 Å². The molecule has 1 aliphatic heterocycles. The molecule has 1 fully saturated rings. The second-order valence-corrected chi connectivity index (χ2v) is 5.82. The number of anilines is 1. The van der Waals surface area contributed by atoms with Crippen LogP contribution >= 0.6 is 0 Å². The molecular weight excluding hydrogens is 290 g/mol. The summed E-state index contributed by atoms with van der Waals surface area (Å²) in [7, 11) is 0. The Bertz CT molecular complexity index is 699. The summed E-state index contributed by atoms with van der Waals surface area (Å²) >= 11 is 0. The number of hydrogen-bond acceptors (Lipinski definition) is 3. The molecule has 5 heteroatoms. The fraction of sp³-hybridized carbons (Fsp3) is 0.389. The van der Waals surface area contributed by atoms with Gasteiger partial charge in [-0.1, -0.05) is 12.2 Å². The number of rotatable bonds is 4. The van der Waals surface area contributed by atoms with Gasteiger partial charge < -0.3 is 15.0 Å². The van der Waals surface area contributed by atoms with E-state index in [0.29, 0.717) is 5.92 Å². The van der Waals surface area contributed by atoms with Crippen LogP contribution < -0.4 is 10.6 Å². The number of benzene rings is 1. The zero-order valence-electron chi connectivity index (χ0n) is 13.4. The van der Waals surface area contributed by atoms with Crippen molar-refractivity contribution < 1.29 is 9.53 Å². The third-order valence-corrected chi connectivity index (χ3v) is 4.29. The van der Waals surface area contributed by atoms with E-state index >= 15 is 0 Å². The van der Waals surface area contributed by atoms with Gasteiger partial charge in [0.15, 0.2) is 0 Å². The van der Waals surface area contributed by atoms with Crippen molar-refractivity contribution in [1.82, 2.24) is 10.3 Å². The molecular formula is C18H23N3O2. The number of carbonyl (C=O) groups excluding carboxylic acids is 1. The van der Waals surface area contributed by atoms with Crippen molar-refractivity contribution in [2.45, 2.75) is 25.7 Å². The zero-order chi connectivity index (χ0) is 16.1. The summed E-state index contributed by atoms with van der Waals surface area (Å²) in [6, 6.07) is 5.92. The highest BCUT2D eigenvalue weighted by Crippen LogP contribution is 2.32. The lowest BCUT2D eigenvalue weighted by Crippen LogP contribution is -2.26. The van der Waals surface area contributed by atoms with Crippen molar-refractivity contribution in [1.29, 1.82) is 0 Å². The molecule has 1 amide bonds. The molecule has 0 atom stereocenters. The number of H-pyrrole nitrogens is 1. The van der Waals surface area contributed by atoms with E-state index in [4.69, 9.17) is 4.74 Å². The summed E-state index contributed by atoms with van der Waals surface area (Å²) in [6.45, 7) is 4.30. The van der Waals surface area contributed by atoms with Crippen LogP contribution in [0.15, 0.2) is 36.5 Å². The lowest BCUT2D eigenvalue weighted by Gasteiger charge is -2.22.